The van der Waals surface area contributed by atoms with Crippen LogP contribution in [0, 0.1) is 0 Å². The quantitative estimate of drug-likeness (QED) is 0.677. The van der Waals surface area contributed by atoms with Gasteiger partial charge in [-0.3, -0.25) is 9.59 Å². The second-order valence-corrected chi connectivity index (χ2v) is 8.01. The lowest BCUT2D eigenvalue weighted by Crippen LogP contribution is -2.49. The number of amides is 2. The van der Waals surface area contributed by atoms with Gasteiger partial charge in [0.15, 0.2) is 0 Å². The number of ether oxygens (including phenoxy) is 2. The average Bonchev–Trinajstić information content (AvgIpc) is 2.84. The molecule has 0 saturated heterocycles. The normalized spacial score (nSPS) is 18.8. The lowest BCUT2D eigenvalue weighted by atomic mass is 9.76. The second-order valence-electron chi connectivity index (χ2n) is 8.01. The first-order chi connectivity index (χ1) is 15.6. The fourth-order valence-corrected chi connectivity index (χ4v) is 4.87. The minimum absolute atomic E-state index is 0.0221. The summed E-state index contributed by atoms with van der Waals surface area (Å²) in [7, 11) is 3.14. The van der Waals surface area contributed by atoms with Crippen LogP contribution < -0.4 is 14.8 Å². The summed E-state index contributed by atoms with van der Waals surface area (Å²) in [5.41, 5.74) is 4.11. The molecule has 2 atom stereocenters. The Labute approximate surface area is 186 Å². The van der Waals surface area contributed by atoms with Gasteiger partial charge in [-0.1, -0.05) is 42.5 Å². The number of carbonyl (C=O) groups is 2. The number of hydrogen-bond donors (Lipinski definition) is 1. The zero-order valence-corrected chi connectivity index (χ0v) is 18.0. The minimum Gasteiger partial charge on any atom is -0.497 e. The topological polar surface area (TPSA) is 67.9 Å². The Morgan fingerprint density at radius 3 is 2.50 bits per heavy atom. The number of hydrogen-bond acceptors (Lipinski definition) is 4. The van der Waals surface area contributed by atoms with Crippen LogP contribution in [0.5, 0.6) is 11.5 Å². The molecule has 2 aliphatic heterocycles. The highest BCUT2D eigenvalue weighted by atomic mass is 16.5. The number of anilines is 1. The lowest BCUT2D eigenvalue weighted by molar-refractivity contribution is -0.119. The van der Waals surface area contributed by atoms with Crippen molar-refractivity contribution in [2.75, 3.05) is 26.1 Å². The third-order valence-corrected chi connectivity index (χ3v) is 6.38. The fourth-order valence-electron chi connectivity index (χ4n) is 4.87. The first-order valence-electron chi connectivity index (χ1n) is 10.6. The van der Waals surface area contributed by atoms with E-state index in [1.807, 2.05) is 47.4 Å². The van der Waals surface area contributed by atoms with Gasteiger partial charge < -0.3 is 19.7 Å². The molecule has 32 heavy (non-hydrogen) atoms. The molecule has 2 heterocycles. The third kappa shape index (κ3) is 3.19. The molecule has 0 saturated carbocycles. The number of carbonyl (C=O) groups excluding carboxylic acids is 2. The van der Waals surface area contributed by atoms with E-state index in [1.165, 1.54) is 5.56 Å². The molecule has 2 unspecified atom stereocenters. The Kier molecular flexibility index (Phi) is 5.05. The first kappa shape index (κ1) is 20.1. The van der Waals surface area contributed by atoms with Crippen molar-refractivity contribution in [1.29, 1.82) is 0 Å². The van der Waals surface area contributed by atoms with Crippen LogP contribution in [0.1, 0.15) is 39.0 Å². The highest BCUT2D eigenvalue weighted by Gasteiger charge is 2.46. The van der Waals surface area contributed by atoms with Gasteiger partial charge in [0, 0.05) is 18.2 Å². The monoisotopic (exact) mass is 428 g/mol. The molecule has 3 aromatic carbocycles. The van der Waals surface area contributed by atoms with Gasteiger partial charge in [-0.05, 0) is 41.3 Å². The Bertz CT molecular complexity index is 1210. The van der Waals surface area contributed by atoms with Crippen LogP contribution in [0.25, 0.3) is 0 Å². The van der Waals surface area contributed by atoms with Crippen molar-refractivity contribution in [2.45, 2.75) is 18.4 Å². The van der Waals surface area contributed by atoms with Crippen LogP contribution in [-0.4, -0.2) is 37.5 Å². The van der Waals surface area contributed by atoms with E-state index in [2.05, 4.69) is 11.4 Å². The van der Waals surface area contributed by atoms with Crippen molar-refractivity contribution in [3.05, 3.63) is 89.0 Å². The summed E-state index contributed by atoms with van der Waals surface area (Å²) in [6.45, 7) is 0.588. The van der Waals surface area contributed by atoms with E-state index >= 15 is 0 Å². The van der Waals surface area contributed by atoms with Gasteiger partial charge in [0.1, 0.15) is 11.5 Å². The van der Waals surface area contributed by atoms with Crippen molar-refractivity contribution < 1.29 is 19.1 Å². The molecule has 0 aliphatic carbocycles. The van der Waals surface area contributed by atoms with Gasteiger partial charge in [-0.25, -0.2) is 0 Å². The zero-order chi connectivity index (χ0) is 22.2. The van der Waals surface area contributed by atoms with Crippen molar-refractivity contribution in [3.8, 4) is 11.5 Å². The van der Waals surface area contributed by atoms with E-state index < -0.39 is 5.92 Å². The first-order valence-corrected chi connectivity index (χ1v) is 10.6. The maximum atomic E-state index is 13.8. The van der Waals surface area contributed by atoms with Gasteiger partial charge in [0.25, 0.3) is 5.91 Å². The highest BCUT2D eigenvalue weighted by Crippen LogP contribution is 2.46. The standard InChI is InChI=1S/C26H24N2O4/c1-31-17-11-12-21(22(15-17)32-2)27-25(29)23-19-9-5-6-10-20(19)26(30)28-14-13-16-7-3-4-8-18(16)24(23)28/h3-12,15,23-24H,13-14H2,1-2H3,(H,27,29). The zero-order valence-electron chi connectivity index (χ0n) is 18.0. The molecule has 5 rings (SSSR count). The van der Waals surface area contributed by atoms with Crippen molar-refractivity contribution >= 4 is 17.5 Å². The maximum absolute atomic E-state index is 13.8. The maximum Gasteiger partial charge on any atom is 0.254 e. The van der Waals surface area contributed by atoms with Crippen molar-refractivity contribution in [2.24, 2.45) is 0 Å². The van der Waals surface area contributed by atoms with Crippen LogP contribution in [0.4, 0.5) is 5.69 Å². The average molecular weight is 428 g/mol. The molecule has 6 heteroatoms. The second kappa shape index (κ2) is 8.04. The Morgan fingerprint density at radius 2 is 1.72 bits per heavy atom. The number of nitrogens with one attached hydrogen (secondary N) is 1. The van der Waals surface area contributed by atoms with E-state index in [-0.39, 0.29) is 17.9 Å². The van der Waals surface area contributed by atoms with E-state index in [9.17, 15) is 9.59 Å². The summed E-state index contributed by atoms with van der Waals surface area (Å²) in [6, 6.07) is 20.4. The molecule has 6 nitrogen and oxygen atoms in total. The Hall–Kier alpha value is -3.80. The van der Waals surface area contributed by atoms with Crippen LogP contribution in [0.15, 0.2) is 66.7 Å². The molecule has 2 aliphatic rings. The molecule has 0 radical (unpaired) electrons. The molecule has 1 N–H and O–H groups in total. The van der Waals surface area contributed by atoms with Gasteiger partial charge >= 0.3 is 0 Å². The molecule has 162 valence electrons. The van der Waals surface area contributed by atoms with Crippen molar-refractivity contribution in [3.63, 3.8) is 0 Å². The summed E-state index contributed by atoms with van der Waals surface area (Å²) >= 11 is 0. The summed E-state index contributed by atoms with van der Waals surface area (Å²) in [6.07, 6.45) is 0.779. The van der Waals surface area contributed by atoms with E-state index in [1.54, 1.807) is 32.4 Å². The van der Waals surface area contributed by atoms with Crippen LogP contribution >= 0.6 is 0 Å². The molecule has 3 aromatic rings. The Balaban J connectivity index is 1.60. The third-order valence-electron chi connectivity index (χ3n) is 6.38. The molecular weight excluding hydrogens is 404 g/mol. The van der Waals surface area contributed by atoms with E-state index in [0.717, 1.165) is 17.5 Å². The predicted octanol–water partition coefficient (Wildman–Crippen LogP) is 4.18. The lowest BCUT2D eigenvalue weighted by Gasteiger charge is -2.45. The predicted molar refractivity (Wildman–Crippen MR) is 121 cm³/mol. The highest BCUT2D eigenvalue weighted by molar-refractivity contribution is 6.05. The van der Waals surface area contributed by atoms with Gasteiger partial charge in [0.05, 0.1) is 31.9 Å². The van der Waals surface area contributed by atoms with E-state index in [0.29, 0.717) is 29.3 Å². The minimum atomic E-state index is -0.544. The van der Waals surface area contributed by atoms with Gasteiger partial charge in [-0.2, -0.15) is 0 Å². The summed E-state index contributed by atoms with van der Waals surface area (Å²) in [5, 5.41) is 3.04. The molecule has 0 aromatic heterocycles. The largest absolute Gasteiger partial charge is 0.497 e. The van der Waals surface area contributed by atoms with Gasteiger partial charge in [0.2, 0.25) is 5.91 Å². The van der Waals surface area contributed by atoms with Crippen molar-refractivity contribution in [1.82, 2.24) is 4.90 Å². The number of benzene rings is 3. The molecule has 0 spiro atoms. The van der Waals surface area contributed by atoms with Crippen LogP contribution in [0.2, 0.25) is 0 Å². The summed E-state index contributed by atoms with van der Waals surface area (Å²) in [4.78, 5) is 29.0. The van der Waals surface area contributed by atoms with Crippen LogP contribution in [0.3, 0.4) is 0 Å². The van der Waals surface area contributed by atoms with Crippen LogP contribution in [-0.2, 0) is 11.2 Å². The SMILES string of the molecule is COc1ccc(NC(=O)C2c3ccccc3C(=O)N3CCc4ccccc4C23)c(OC)c1. The summed E-state index contributed by atoms with van der Waals surface area (Å²) in [5.74, 6) is 0.406. The number of rotatable bonds is 4. The molecule has 0 bridgehead atoms. The number of fused-ring (bicyclic) bond motifs is 4. The van der Waals surface area contributed by atoms with E-state index in [4.69, 9.17) is 9.47 Å². The molecular formula is C26H24N2O4. The number of methoxy groups -OCH3 is 2. The van der Waals surface area contributed by atoms with Gasteiger partial charge in [-0.15, -0.1) is 0 Å². The number of nitrogens with zero attached hydrogens (tertiary/aromatic N) is 1. The summed E-state index contributed by atoms with van der Waals surface area (Å²) < 4.78 is 10.7. The fraction of sp³-hybridized carbons (Fsp3) is 0.231. The molecule has 2 amide bonds. The Morgan fingerprint density at radius 1 is 0.969 bits per heavy atom. The smallest absolute Gasteiger partial charge is 0.254 e. The molecule has 0 fully saturated rings.